The SMILES string of the molecule is CCn1ncc(-c2ccc(C#N)cc2COC)c1N=O. The van der Waals surface area contributed by atoms with Crippen molar-refractivity contribution < 1.29 is 4.74 Å². The summed E-state index contributed by atoms with van der Waals surface area (Å²) < 4.78 is 6.69. The van der Waals surface area contributed by atoms with E-state index in [-0.39, 0.29) is 5.82 Å². The third kappa shape index (κ3) is 2.44. The van der Waals surface area contributed by atoms with Crippen LogP contribution in [0.2, 0.25) is 0 Å². The molecule has 0 saturated carbocycles. The van der Waals surface area contributed by atoms with Gasteiger partial charge in [-0.25, -0.2) is 4.68 Å². The Hall–Kier alpha value is -2.52. The van der Waals surface area contributed by atoms with Crippen LogP contribution in [0.5, 0.6) is 0 Å². The molecule has 2 aromatic rings. The summed E-state index contributed by atoms with van der Waals surface area (Å²) in [4.78, 5) is 11.0. The molecule has 0 saturated heterocycles. The Bertz CT molecular complexity index is 670. The molecule has 1 aromatic heterocycles. The minimum absolute atomic E-state index is 0.287. The van der Waals surface area contributed by atoms with Gasteiger partial charge in [0, 0.05) is 13.7 Å². The summed E-state index contributed by atoms with van der Waals surface area (Å²) >= 11 is 0. The zero-order chi connectivity index (χ0) is 14.5. The van der Waals surface area contributed by atoms with Gasteiger partial charge in [0.1, 0.15) is 0 Å². The molecule has 0 amide bonds. The van der Waals surface area contributed by atoms with Gasteiger partial charge in [0.2, 0.25) is 5.82 Å². The Balaban J connectivity index is 2.60. The van der Waals surface area contributed by atoms with Crippen LogP contribution in [-0.2, 0) is 17.9 Å². The molecule has 102 valence electrons. The summed E-state index contributed by atoms with van der Waals surface area (Å²) in [6, 6.07) is 7.33. The Morgan fingerprint density at radius 2 is 2.25 bits per heavy atom. The average molecular weight is 270 g/mol. The van der Waals surface area contributed by atoms with Crippen molar-refractivity contribution >= 4 is 5.82 Å². The van der Waals surface area contributed by atoms with Crippen LogP contribution in [0.4, 0.5) is 5.82 Å². The van der Waals surface area contributed by atoms with E-state index in [9.17, 15) is 4.91 Å². The Morgan fingerprint density at radius 3 is 2.85 bits per heavy atom. The molecule has 2 rings (SSSR count). The summed E-state index contributed by atoms with van der Waals surface area (Å²) in [6.07, 6.45) is 1.61. The van der Waals surface area contributed by atoms with Crippen molar-refractivity contribution in [1.29, 1.82) is 5.26 Å². The zero-order valence-electron chi connectivity index (χ0n) is 11.3. The monoisotopic (exact) mass is 270 g/mol. The van der Waals surface area contributed by atoms with Gasteiger partial charge >= 0.3 is 0 Å². The van der Waals surface area contributed by atoms with Crippen molar-refractivity contribution in [2.24, 2.45) is 5.18 Å². The van der Waals surface area contributed by atoms with Crippen molar-refractivity contribution in [2.45, 2.75) is 20.1 Å². The molecule has 0 unspecified atom stereocenters. The first-order valence-corrected chi connectivity index (χ1v) is 6.16. The molecular formula is C14H14N4O2. The van der Waals surface area contributed by atoms with Crippen LogP contribution in [0.25, 0.3) is 11.1 Å². The number of rotatable bonds is 5. The van der Waals surface area contributed by atoms with E-state index < -0.39 is 0 Å². The van der Waals surface area contributed by atoms with Crippen LogP contribution in [0, 0.1) is 16.2 Å². The van der Waals surface area contributed by atoms with Crippen molar-refractivity contribution in [3.05, 3.63) is 40.4 Å². The van der Waals surface area contributed by atoms with Gasteiger partial charge in [0.05, 0.1) is 30.0 Å². The number of nitrogens with zero attached hydrogens (tertiary/aromatic N) is 4. The number of nitriles is 1. The lowest BCUT2D eigenvalue weighted by molar-refractivity contribution is 0.185. The molecule has 0 aliphatic carbocycles. The van der Waals surface area contributed by atoms with Crippen LogP contribution in [-0.4, -0.2) is 16.9 Å². The van der Waals surface area contributed by atoms with Gasteiger partial charge in [0.15, 0.2) is 0 Å². The maximum atomic E-state index is 11.0. The predicted octanol–water partition coefficient (Wildman–Crippen LogP) is 2.99. The lowest BCUT2D eigenvalue weighted by Crippen LogP contribution is -1.96. The zero-order valence-corrected chi connectivity index (χ0v) is 11.3. The average Bonchev–Trinajstić information content (AvgIpc) is 2.90. The predicted molar refractivity (Wildman–Crippen MR) is 74.2 cm³/mol. The van der Waals surface area contributed by atoms with Crippen LogP contribution < -0.4 is 0 Å². The number of hydrogen-bond acceptors (Lipinski definition) is 5. The van der Waals surface area contributed by atoms with Crippen LogP contribution >= 0.6 is 0 Å². The standard InChI is InChI=1S/C14H14N4O2/c1-3-18-14(17-19)13(8-16-18)12-5-4-10(7-15)6-11(12)9-20-2/h4-6,8H,3,9H2,1-2H3. The van der Waals surface area contributed by atoms with Gasteiger partial charge in [-0.3, -0.25) is 0 Å². The summed E-state index contributed by atoms with van der Waals surface area (Å²) in [7, 11) is 1.58. The third-order valence-corrected chi connectivity index (χ3v) is 3.02. The summed E-state index contributed by atoms with van der Waals surface area (Å²) in [5.41, 5.74) is 2.83. The molecule has 6 nitrogen and oxygen atoms in total. The molecule has 0 radical (unpaired) electrons. The minimum Gasteiger partial charge on any atom is -0.380 e. The molecule has 0 bridgehead atoms. The Kier molecular flexibility index (Phi) is 4.23. The first-order valence-electron chi connectivity index (χ1n) is 6.16. The fraction of sp³-hybridized carbons (Fsp3) is 0.286. The molecule has 0 aliphatic heterocycles. The highest BCUT2D eigenvalue weighted by atomic mass is 16.5. The Labute approximate surface area is 116 Å². The van der Waals surface area contributed by atoms with E-state index in [1.807, 2.05) is 6.92 Å². The van der Waals surface area contributed by atoms with E-state index in [0.29, 0.717) is 24.3 Å². The van der Waals surface area contributed by atoms with Crippen LogP contribution in [0.1, 0.15) is 18.1 Å². The van der Waals surface area contributed by atoms with Crippen LogP contribution in [0.15, 0.2) is 29.6 Å². The van der Waals surface area contributed by atoms with E-state index >= 15 is 0 Å². The maximum absolute atomic E-state index is 11.0. The molecule has 0 atom stereocenters. The van der Waals surface area contributed by atoms with E-state index in [0.717, 1.165) is 11.1 Å². The lowest BCUT2D eigenvalue weighted by Gasteiger charge is -2.08. The van der Waals surface area contributed by atoms with Crippen molar-refractivity contribution in [3.63, 3.8) is 0 Å². The highest BCUT2D eigenvalue weighted by Crippen LogP contribution is 2.33. The van der Waals surface area contributed by atoms with Crippen molar-refractivity contribution in [1.82, 2.24) is 9.78 Å². The molecule has 0 N–H and O–H groups in total. The molecule has 0 aliphatic rings. The highest BCUT2D eigenvalue weighted by molar-refractivity contribution is 5.76. The fourth-order valence-electron chi connectivity index (χ4n) is 2.10. The quantitative estimate of drug-likeness (QED) is 0.782. The van der Waals surface area contributed by atoms with E-state index in [4.69, 9.17) is 10.00 Å². The van der Waals surface area contributed by atoms with Gasteiger partial charge in [-0.1, -0.05) is 6.07 Å². The van der Waals surface area contributed by atoms with Gasteiger partial charge < -0.3 is 4.74 Å². The van der Waals surface area contributed by atoms with Crippen LogP contribution in [0.3, 0.4) is 0 Å². The number of aryl methyl sites for hydroxylation is 1. The lowest BCUT2D eigenvalue weighted by atomic mass is 10.00. The molecular weight excluding hydrogens is 256 g/mol. The van der Waals surface area contributed by atoms with Crippen molar-refractivity contribution in [2.75, 3.05) is 7.11 Å². The van der Waals surface area contributed by atoms with Gasteiger partial charge in [0.25, 0.3) is 0 Å². The van der Waals surface area contributed by atoms with E-state index in [1.165, 1.54) is 4.68 Å². The Morgan fingerprint density at radius 1 is 1.45 bits per heavy atom. The number of methoxy groups -OCH3 is 1. The molecule has 0 fully saturated rings. The maximum Gasteiger partial charge on any atom is 0.203 e. The fourth-order valence-corrected chi connectivity index (χ4v) is 2.10. The van der Waals surface area contributed by atoms with Crippen molar-refractivity contribution in [3.8, 4) is 17.2 Å². The molecule has 20 heavy (non-hydrogen) atoms. The molecule has 0 spiro atoms. The molecule has 6 heteroatoms. The van der Waals surface area contributed by atoms with Gasteiger partial charge in [-0.05, 0) is 35.4 Å². The summed E-state index contributed by atoms with van der Waals surface area (Å²) in [6.45, 7) is 2.80. The smallest absolute Gasteiger partial charge is 0.203 e. The second kappa shape index (κ2) is 6.08. The first-order chi connectivity index (χ1) is 9.74. The topological polar surface area (TPSA) is 80.3 Å². The summed E-state index contributed by atoms with van der Waals surface area (Å²) in [5, 5.41) is 16.2. The number of aromatic nitrogens is 2. The largest absolute Gasteiger partial charge is 0.380 e. The van der Waals surface area contributed by atoms with E-state index in [2.05, 4.69) is 16.3 Å². The highest BCUT2D eigenvalue weighted by Gasteiger charge is 2.16. The van der Waals surface area contributed by atoms with Gasteiger partial charge in [-0.15, -0.1) is 4.91 Å². The number of nitroso groups, excluding NO2 is 1. The summed E-state index contributed by atoms with van der Waals surface area (Å²) in [5.74, 6) is 0.287. The molecule has 1 aromatic carbocycles. The van der Waals surface area contributed by atoms with Gasteiger partial charge in [-0.2, -0.15) is 10.4 Å². The minimum atomic E-state index is 0.287. The number of hydrogen-bond donors (Lipinski definition) is 0. The molecule has 1 heterocycles. The number of ether oxygens (including phenoxy) is 1. The normalized spacial score (nSPS) is 10.2. The number of benzene rings is 1. The third-order valence-electron chi connectivity index (χ3n) is 3.02. The second-order valence-corrected chi connectivity index (χ2v) is 4.21. The van der Waals surface area contributed by atoms with E-state index in [1.54, 1.807) is 31.5 Å². The first kappa shape index (κ1) is 13.9. The second-order valence-electron chi connectivity index (χ2n) is 4.21.